The highest BCUT2D eigenvalue weighted by molar-refractivity contribution is 6.04. The van der Waals surface area contributed by atoms with Gasteiger partial charge in [0.2, 0.25) is 0 Å². The lowest BCUT2D eigenvalue weighted by molar-refractivity contribution is 0.534. The van der Waals surface area contributed by atoms with Crippen LogP contribution in [0.5, 0.6) is 0 Å². The topological polar surface area (TPSA) is 49.8 Å². The van der Waals surface area contributed by atoms with E-state index in [2.05, 4.69) is 38.8 Å². The highest BCUT2D eigenvalue weighted by atomic mass is 15.0. The molecule has 2 aromatic heterocycles. The number of nitrogens with zero attached hydrogens (tertiary/aromatic N) is 2. The van der Waals surface area contributed by atoms with E-state index in [1.165, 1.54) is 5.39 Å². The van der Waals surface area contributed by atoms with Gasteiger partial charge in [0.25, 0.3) is 0 Å². The highest BCUT2D eigenvalue weighted by Gasteiger charge is 1.99. The molecule has 1 saturated heterocycles. The quantitative estimate of drug-likeness (QED) is 0.611. The Bertz CT molecular complexity index is 626. The van der Waals surface area contributed by atoms with Crippen LogP contribution in [0.4, 0.5) is 0 Å². The van der Waals surface area contributed by atoms with Crippen molar-refractivity contribution in [1.29, 1.82) is 0 Å². The predicted octanol–water partition coefficient (Wildman–Crippen LogP) is 1.96. The average molecular weight is 266 g/mol. The molecule has 0 aliphatic carbocycles. The first-order valence-corrected chi connectivity index (χ1v) is 6.94. The smallest absolute Gasteiger partial charge is 0.0781 e. The van der Waals surface area contributed by atoms with Gasteiger partial charge < -0.3 is 10.6 Å². The molecule has 4 heteroatoms. The molecular weight excluding hydrogens is 248 g/mol. The summed E-state index contributed by atoms with van der Waals surface area (Å²) in [5.74, 6) is 0. The summed E-state index contributed by atoms with van der Waals surface area (Å²) in [4.78, 5) is 8.47. The second-order valence-corrected chi connectivity index (χ2v) is 4.74. The van der Waals surface area contributed by atoms with Gasteiger partial charge in [-0.2, -0.15) is 0 Å². The number of aromatic nitrogens is 2. The van der Waals surface area contributed by atoms with Crippen LogP contribution in [0, 0.1) is 0 Å². The summed E-state index contributed by atoms with van der Waals surface area (Å²) in [7, 11) is 0. The van der Waals surface area contributed by atoms with Crippen molar-refractivity contribution in [3.05, 3.63) is 48.9 Å². The molecule has 0 bridgehead atoms. The SMILES string of the molecule is C1CNCCN1.c1cnc2c(c1)ccc1cnccc12. The van der Waals surface area contributed by atoms with Crippen LogP contribution < -0.4 is 10.6 Å². The standard InChI is InChI=1S/C12H8N2.C4H10N2/c1-2-9-3-4-10-8-13-7-5-11(10)12(9)14-6-1;1-2-6-4-3-5-1/h1-8H;5-6H,1-4H2. The molecule has 102 valence electrons. The maximum atomic E-state index is 4.38. The summed E-state index contributed by atoms with van der Waals surface area (Å²) in [6.07, 6.45) is 5.49. The van der Waals surface area contributed by atoms with Crippen LogP contribution in [0.3, 0.4) is 0 Å². The van der Waals surface area contributed by atoms with Crippen molar-refractivity contribution in [1.82, 2.24) is 20.6 Å². The van der Waals surface area contributed by atoms with Gasteiger partial charge in [-0.3, -0.25) is 9.97 Å². The number of fused-ring (bicyclic) bond motifs is 3. The molecule has 0 atom stereocenters. The Morgan fingerprint density at radius 1 is 0.800 bits per heavy atom. The molecule has 1 aromatic carbocycles. The second kappa shape index (κ2) is 6.41. The van der Waals surface area contributed by atoms with E-state index in [-0.39, 0.29) is 0 Å². The molecule has 2 N–H and O–H groups in total. The summed E-state index contributed by atoms with van der Waals surface area (Å²) < 4.78 is 0. The molecule has 4 nitrogen and oxygen atoms in total. The molecule has 3 heterocycles. The monoisotopic (exact) mass is 266 g/mol. The van der Waals surface area contributed by atoms with Crippen molar-refractivity contribution < 1.29 is 0 Å². The number of piperazine rings is 1. The van der Waals surface area contributed by atoms with E-state index in [1.807, 2.05) is 24.5 Å². The number of pyridine rings is 2. The summed E-state index contributed by atoms with van der Waals surface area (Å²) in [5, 5.41) is 9.92. The molecule has 1 aliphatic rings. The summed E-state index contributed by atoms with van der Waals surface area (Å²) >= 11 is 0. The fourth-order valence-corrected chi connectivity index (χ4v) is 2.32. The van der Waals surface area contributed by atoms with Gasteiger partial charge in [-0.15, -0.1) is 0 Å². The number of nitrogens with one attached hydrogen (secondary N) is 2. The van der Waals surface area contributed by atoms with Crippen LogP contribution in [0.25, 0.3) is 21.7 Å². The minimum atomic E-state index is 1.05. The first-order valence-electron chi connectivity index (χ1n) is 6.94. The lowest BCUT2D eigenvalue weighted by Crippen LogP contribution is -2.39. The molecule has 0 radical (unpaired) electrons. The Labute approximate surface area is 118 Å². The van der Waals surface area contributed by atoms with Gasteiger partial charge in [-0.1, -0.05) is 18.2 Å². The molecule has 1 aliphatic heterocycles. The summed E-state index contributed by atoms with van der Waals surface area (Å²) in [6, 6.07) is 10.2. The van der Waals surface area contributed by atoms with Crippen LogP contribution in [-0.2, 0) is 0 Å². The first kappa shape index (κ1) is 13.0. The minimum absolute atomic E-state index is 1.05. The van der Waals surface area contributed by atoms with Gasteiger partial charge in [0, 0.05) is 60.9 Å². The Balaban J connectivity index is 0.000000170. The van der Waals surface area contributed by atoms with Crippen LogP contribution >= 0.6 is 0 Å². The lowest BCUT2D eigenvalue weighted by Gasteiger charge is -2.11. The molecule has 3 aromatic rings. The van der Waals surface area contributed by atoms with Gasteiger partial charge in [-0.25, -0.2) is 0 Å². The van der Waals surface area contributed by atoms with E-state index in [9.17, 15) is 0 Å². The van der Waals surface area contributed by atoms with Crippen LogP contribution in [0.15, 0.2) is 48.9 Å². The van der Waals surface area contributed by atoms with Crippen molar-refractivity contribution >= 4 is 21.7 Å². The van der Waals surface area contributed by atoms with Gasteiger partial charge in [0.15, 0.2) is 0 Å². The van der Waals surface area contributed by atoms with Gasteiger partial charge in [0.05, 0.1) is 5.52 Å². The van der Waals surface area contributed by atoms with Crippen LogP contribution in [-0.4, -0.2) is 36.1 Å². The van der Waals surface area contributed by atoms with Crippen molar-refractivity contribution in [3.8, 4) is 0 Å². The van der Waals surface area contributed by atoms with E-state index in [4.69, 9.17) is 0 Å². The van der Waals surface area contributed by atoms with Gasteiger partial charge >= 0.3 is 0 Å². The third kappa shape index (κ3) is 2.92. The van der Waals surface area contributed by atoms with Gasteiger partial charge in [-0.05, 0) is 12.1 Å². The largest absolute Gasteiger partial charge is 0.314 e. The molecule has 0 amide bonds. The van der Waals surface area contributed by atoms with E-state index >= 15 is 0 Å². The first-order chi connectivity index (χ1) is 9.95. The van der Waals surface area contributed by atoms with E-state index in [0.717, 1.165) is 42.5 Å². The van der Waals surface area contributed by atoms with Crippen LogP contribution in [0.2, 0.25) is 0 Å². The fourth-order valence-electron chi connectivity index (χ4n) is 2.32. The number of benzene rings is 1. The molecule has 0 spiro atoms. The summed E-state index contributed by atoms with van der Waals surface area (Å²) in [5.41, 5.74) is 1.05. The Morgan fingerprint density at radius 2 is 1.55 bits per heavy atom. The maximum absolute atomic E-state index is 4.38. The third-order valence-corrected chi connectivity index (χ3v) is 3.35. The molecule has 20 heavy (non-hydrogen) atoms. The fraction of sp³-hybridized carbons (Fsp3) is 0.250. The highest BCUT2D eigenvalue weighted by Crippen LogP contribution is 2.21. The third-order valence-electron chi connectivity index (χ3n) is 3.35. The Kier molecular flexibility index (Phi) is 4.16. The van der Waals surface area contributed by atoms with E-state index in [0.29, 0.717) is 0 Å². The van der Waals surface area contributed by atoms with Crippen molar-refractivity contribution in [3.63, 3.8) is 0 Å². The molecule has 1 fully saturated rings. The molecule has 4 rings (SSSR count). The number of hydrogen-bond acceptors (Lipinski definition) is 4. The molecule has 0 unspecified atom stereocenters. The molecule has 0 saturated carbocycles. The number of hydrogen-bond donors (Lipinski definition) is 2. The maximum Gasteiger partial charge on any atom is 0.0781 e. The van der Waals surface area contributed by atoms with Crippen molar-refractivity contribution in [2.75, 3.05) is 26.2 Å². The lowest BCUT2D eigenvalue weighted by atomic mass is 10.1. The normalized spacial score (nSPS) is 14.8. The number of rotatable bonds is 0. The summed E-state index contributed by atoms with van der Waals surface area (Å²) in [6.45, 7) is 4.56. The van der Waals surface area contributed by atoms with Gasteiger partial charge in [0.1, 0.15) is 0 Å². The second-order valence-electron chi connectivity index (χ2n) is 4.74. The van der Waals surface area contributed by atoms with Crippen LogP contribution in [0.1, 0.15) is 0 Å². The van der Waals surface area contributed by atoms with E-state index < -0.39 is 0 Å². The zero-order valence-electron chi connectivity index (χ0n) is 11.3. The van der Waals surface area contributed by atoms with Crippen molar-refractivity contribution in [2.45, 2.75) is 0 Å². The zero-order valence-corrected chi connectivity index (χ0v) is 11.3. The Morgan fingerprint density at radius 3 is 2.30 bits per heavy atom. The van der Waals surface area contributed by atoms with Crippen molar-refractivity contribution in [2.24, 2.45) is 0 Å². The Hall–Kier alpha value is -2.04. The predicted molar refractivity (Wildman–Crippen MR) is 82.8 cm³/mol. The molecular formula is C16H18N4. The minimum Gasteiger partial charge on any atom is -0.314 e. The zero-order chi connectivity index (χ0) is 13.6. The van der Waals surface area contributed by atoms with E-state index in [1.54, 1.807) is 6.20 Å². The average Bonchev–Trinajstić information content (AvgIpc) is 2.57.